The molecular weight excluding hydrogens is 302 g/mol. The summed E-state index contributed by atoms with van der Waals surface area (Å²) in [6.45, 7) is 3.91. The van der Waals surface area contributed by atoms with Crippen molar-refractivity contribution in [3.63, 3.8) is 0 Å². The first-order chi connectivity index (χ1) is 11.7. The fourth-order valence-electron chi connectivity index (χ4n) is 2.50. The maximum Gasteiger partial charge on any atom is 0.265 e. The van der Waals surface area contributed by atoms with Gasteiger partial charge in [0.2, 0.25) is 0 Å². The number of rotatable bonds is 3. The van der Waals surface area contributed by atoms with Crippen LogP contribution in [0.5, 0.6) is 0 Å². The highest BCUT2D eigenvalue weighted by molar-refractivity contribution is 6.03. The van der Waals surface area contributed by atoms with Gasteiger partial charge in [0.05, 0.1) is 11.4 Å². The van der Waals surface area contributed by atoms with Gasteiger partial charge in [-0.2, -0.15) is 10.1 Å². The third kappa shape index (κ3) is 2.56. The van der Waals surface area contributed by atoms with Gasteiger partial charge in [-0.15, -0.1) is 10.2 Å². The maximum absolute atomic E-state index is 4.44. The van der Waals surface area contributed by atoms with Gasteiger partial charge in [0.15, 0.2) is 5.65 Å². The Morgan fingerprint density at radius 2 is 2.08 bits per heavy atom. The van der Waals surface area contributed by atoms with Crippen molar-refractivity contribution >= 4 is 33.7 Å². The number of hydrazone groups is 1. The van der Waals surface area contributed by atoms with Gasteiger partial charge < -0.3 is 4.98 Å². The molecule has 2 N–H and O–H groups in total. The summed E-state index contributed by atoms with van der Waals surface area (Å²) in [7, 11) is 0. The number of nitrogens with zero attached hydrogens (tertiary/aromatic N) is 5. The van der Waals surface area contributed by atoms with Gasteiger partial charge in [-0.05, 0) is 38.1 Å². The molecule has 0 aliphatic carbocycles. The quantitative estimate of drug-likeness (QED) is 0.447. The molecule has 7 nitrogen and oxygen atoms in total. The molecule has 0 aliphatic rings. The number of aryl methyl sites for hydroxylation is 1. The fourth-order valence-corrected chi connectivity index (χ4v) is 2.50. The average molecular weight is 317 g/mol. The summed E-state index contributed by atoms with van der Waals surface area (Å²) in [5, 5.41) is 13.7. The Hall–Kier alpha value is -3.35. The Kier molecular flexibility index (Phi) is 3.38. The van der Waals surface area contributed by atoms with Gasteiger partial charge in [0.1, 0.15) is 5.52 Å². The van der Waals surface area contributed by atoms with E-state index >= 15 is 0 Å². The lowest BCUT2D eigenvalue weighted by molar-refractivity contribution is 1.01. The lowest BCUT2D eigenvalue weighted by atomic mass is 10.2. The molecule has 7 heteroatoms. The highest BCUT2D eigenvalue weighted by atomic mass is 15.4. The number of pyridine rings is 1. The molecule has 4 aromatic rings. The molecule has 4 rings (SSSR count). The molecule has 0 radical (unpaired) electrons. The van der Waals surface area contributed by atoms with E-state index in [1.165, 1.54) is 5.56 Å². The Labute approximate surface area is 137 Å². The van der Waals surface area contributed by atoms with Gasteiger partial charge in [-0.25, -0.2) is 5.43 Å². The van der Waals surface area contributed by atoms with Crippen molar-refractivity contribution in [1.29, 1.82) is 0 Å². The summed E-state index contributed by atoms with van der Waals surface area (Å²) in [6, 6.07) is 11.8. The lowest BCUT2D eigenvalue weighted by Gasteiger charge is -2.01. The summed E-state index contributed by atoms with van der Waals surface area (Å²) >= 11 is 0. The second-order valence-corrected chi connectivity index (χ2v) is 5.53. The van der Waals surface area contributed by atoms with Crippen LogP contribution in [0.15, 0.2) is 47.7 Å². The predicted molar refractivity (Wildman–Crippen MR) is 94.0 cm³/mol. The van der Waals surface area contributed by atoms with Crippen LogP contribution >= 0.6 is 0 Å². The number of fused-ring (bicyclic) bond motifs is 3. The van der Waals surface area contributed by atoms with Gasteiger partial charge in [0, 0.05) is 17.1 Å². The van der Waals surface area contributed by atoms with Crippen molar-refractivity contribution in [3.05, 3.63) is 53.9 Å². The van der Waals surface area contributed by atoms with E-state index in [2.05, 4.69) is 41.7 Å². The largest absolute Gasteiger partial charge is 0.338 e. The minimum atomic E-state index is 0.334. The normalized spacial score (nSPS) is 12.0. The summed E-state index contributed by atoms with van der Waals surface area (Å²) < 4.78 is 0. The molecule has 0 unspecified atom stereocenters. The van der Waals surface area contributed by atoms with Crippen molar-refractivity contribution < 1.29 is 0 Å². The first kappa shape index (κ1) is 14.3. The zero-order valence-electron chi connectivity index (χ0n) is 13.3. The monoisotopic (exact) mass is 317 g/mol. The zero-order chi connectivity index (χ0) is 16.5. The van der Waals surface area contributed by atoms with Crippen molar-refractivity contribution in [3.8, 4) is 0 Å². The third-order valence-corrected chi connectivity index (χ3v) is 3.73. The van der Waals surface area contributed by atoms with E-state index in [1.54, 1.807) is 6.20 Å². The SMILES string of the molecule is C/C(=N/Nc1nnc2c(n1)[nH]c1ccc(C)cc12)c1ccccn1. The van der Waals surface area contributed by atoms with Crippen molar-refractivity contribution in [2.24, 2.45) is 5.10 Å². The fraction of sp³-hybridized carbons (Fsp3) is 0.118. The number of benzene rings is 1. The van der Waals surface area contributed by atoms with Crippen LogP contribution in [0.1, 0.15) is 18.2 Å². The Bertz CT molecular complexity index is 1050. The molecule has 0 atom stereocenters. The van der Waals surface area contributed by atoms with E-state index in [9.17, 15) is 0 Å². The minimum Gasteiger partial charge on any atom is -0.338 e. The Morgan fingerprint density at radius 1 is 1.17 bits per heavy atom. The topological polar surface area (TPSA) is 91.7 Å². The Balaban J connectivity index is 1.67. The van der Waals surface area contributed by atoms with E-state index in [0.29, 0.717) is 11.6 Å². The van der Waals surface area contributed by atoms with Crippen LogP contribution < -0.4 is 5.43 Å². The molecule has 0 amide bonds. The van der Waals surface area contributed by atoms with E-state index < -0.39 is 0 Å². The molecule has 0 spiro atoms. The number of nitrogens with one attached hydrogen (secondary N) is 2. The van der Waals surface area contributed by atoms with Crippen molar-refractivity contribution in [1.82, 2.24) is 25.1 Å². The zero-order valence-corrected chi connectivity index (χ0v) is 13.3. The molecule has 24 heavy (non-hydrogen) atoms. The molecule has 0 bridgehead atoms. The minimum absolute atomic E-state index is 0.334. The standard InChI is InChI=1S/C17H15N7/c1-10-6-7-14-12(9-10)15-16(19-14)20-17(24-22-15)23-21-11(2)13-5-3-4-8-18-13/h3-9H,1-2H3,(H2,19,20,23,24)/b21-11-. The number of aromatic nitrogens is 5. The van der Waals surface area contributed by atoms with E-state index in [4.69, 9.17) is 0 Å². The maximum atomic E-state index is 4.44. The van der Waals surface area contributed by atoms with Crippen LogP contribution in [0.2, 0.25) is 0 Å². The van der Waals surface area contributed by atoms with Crippen molar-refractivity contribution in [2.75, 3.05) is 5.43 Å². The number of H-pyrrole nitrogens is 1. The number of aromatic amines is 1. The molecule has 0 aliphatic heterocycles. The van der Waals surface area contributed by atoms with Crippen LogP contribution in [-0.4, -0.2) is 30.9 Å². The molecule has 3 aromatic heterocycles. The second-order valence-electron chi connectivity index (χ2n) is 5.53. The van der Waals surface area contributed by atoms with Crippen LogP contribution in [0.25, 0.3) is 22.1 Å². The average Bonchev–Trinajstić information content (AvgIpc) is 2.97. The summed E-state index contributed by atoms with van der Waals surface area (Å²) in [5.41, 5.74) is 7.96. The predicted octanol–water partition coefficient (Wildman–Crippen LogP) is 3.05. The Morgan fingerprint density at radius 3 is 2.92 bits per heavy atom. The summed E-state index contributed by atoms with van der Waals surface area (Å²) in [5.74, 6) is 0.334. The molecule has 0 saturated carbocycles. The van der Waals surface area contributed by atoms with Crippen LogP contribution in [-0.2, 0) is 0 Å². The highest BCUT2D eigenvalue weighted by Crippen LogP contribution is 2.23. The van der Waals surface area contributed by atoms with Gasteiger partial charge >= 0.3 is 0 Å². The lowest BCUT2D eigenvalue weighted by Crippen LogP contribution is -2.04. The molecule has 0 fully saturated rings. The molecule has 118 valence electrons. The van der Waals surface area contributed by atoms with Crippen LogP contribution in [0.4, 0.5) is 5.95 Å². The molecule has 1 aromatic carbocycles. The van der Waals surface area contributed by atoms with Crippen molar-refractivity contribution in [2.45, 2.75) is 13.8 Å². The second kappa shape index (κ2) is 5.69. The van der Waals surface area contributed by atoms with E-state index in [1.807, 2.05) is 44.2 Å². The number of anilines is 1. The smallest absolute Gasteiger partial charge is 0.265 e. The van der Waals surface area contributed by atoms with Crippen LogP contribution in [0, 0.1) is 6.92 Å². The third-order valence-electron chi connectivity index (χ3n) is 3.73. The van der Waals surface area contributed by atoms with Crippen LogP contribution in [0.3, 0.4) is 0 Å². The number of hydrogen-bond acceptors (Lipinski definition) is 6. The first-order valence-corrected chi connectivity index (χ1v) is 7.55. The number of hydrogen-bond donors (Lipinski definition) is 2. The highest BCUT2D eigenvalue weighted by Gasteiger charge is 2.09. The summed E-state index contributed by atoms with van der Waals surface area (Å²) in [6.07, 6.45) is 1.73. The molecule has 3 heterocycles. The molecular formula is C17H15N7. The van der Waals surface area contributed by atoms with Gasteiger partial charge in [-0.1, -0.05) is 17.7 Å². The first-order valence-electron chi connectivity index (χ1n) is 7.55. The summed E-state index contributed by atoms with van der Waals surface area (Å²) in [4.78, 5) is 11.9. The van der Waals surface area contributed by atoms with Gasteiger partial charge in [-0.3, -0.25) is 4.98 Å². The van der Waals surface area contributed by atoms with E-state index in [0.717, 1.165) is 27.8 Å². The van der Waals surface area contributed by atoms with Gasteiger partial charge in [0.25, 0.3) is 5.95 Å². The van der Waals surface area contributed by atoms with E-state index in [-0.39, 0.29) is 0 Å². The molecule has 0 saturated heterocycles.